The van der Waals surface area contributed by atoms with Gasteiger partial charge in [0.2, 0.25) is 0 Å². The Morgan fingerprint density at radius 2 is 1.79 bits per heavy atom. The molecule has 1 aromatic carbocycles. The minimum Gasteiger partial charge on any atom is -0.348 e. The number of benzene rings is 1. The predicted octanol–water partition coefficient (Wildman–Crippen LogP) is 1.73. The van der Waals surface area contributed by atoms with Gasteiger partial charge in [-0.2, -0.15) is 9.19 Å². The zero-order valence-electron chi connectivity index (χ0n) is 15.4. The normalized spacial score (nSPS) is 15.1. The van der Waals surface area contributed by atoms with Gasteiger partial charge in [0.25, 0.3) is 21.8 Å². The van der Waals surface area contributed by atoms with E-state index in [1.165, 1.54) is 12.1 Å². The number of amides is 2. The number of piperidine rings is 1. The van der Waals surface area contributed by atoms with Crippen molar-refractivity contribution >= 4 is 50.7 Å². The van der Waals surface area contributed by atoms with Crippen molar-refractivity contribution in [2.45, 2.75) is 18.9 Å². The lowest BCUT2D eigenvalue weighted by Crippen LogP contribution is -2.43. The fourth-order valence-electron chi connectivity index (χ4n) is 2.90. The molecule has 2 amide bonds. The van der Waals surface area contributed by atoms with Crippen molar-refractivity contribution in [3.63, 3.8) is 0 Å². The van der Waals surface area contributed by atoms with Crippen LogP contribution < -0.4 is 16.0 Å². The molecule has 2 heterocycles. The van der Waals surface area contributed by atoms with Crippen LogP contribution in [0.25, 0.3) is 0 Å². The zero-order valence-corrected chi connectivity index (χ0v) is 17.7. The Bertz CT molecular complexity index is 1030. The molecule has 0 unspecified atom stereocenters. The van der Waals surface area contributed by atoms with Gasteiger partial charge in [-0.1, -0.05) is 29.3 Å². The van der Waals surface area contributed by atoms with Gasteiger partial charge in [-0.05, 0) is 38.1 Å². The van der Waals surface area contributed by atoms with Crippen LogP contribution in [-0.4, -0.2) is 54.8 Å². The van der Waals surface area contributed by atoms with Crippen LogP contribution in [0.4, 0.5) is 5.69 Å². The number of carbonyl (C=O) groups is 2. The van der Waals surface area contributed by atoms with E-state index >= 15 is 0 Å². The van der Waals surface area contributed by atoms with E-state index in [4.69, 9.17) is 23.2 Å². The standard InChI is InChI=1S/C17H19Cl2N5O4S/c1-29(27,28)24-9-13(22-16(25)14-11(18)3-2-4-12(14)19)15(23-24)17(26)21-10-5-7-20-8-6-10/h2-4,9-10,20H,5-8H2,1H3,(H,21,26)(H,22,25). The number of aromatic nitrogens is 2. The summed E-state index contributed by atoms with van der Waals surface area (Å²) in [4.78, 5) is 25.4. The van der Waals surface area contributed by atoms with E-state index in [-0.39, 0.29) is 33.0 Å². The Labute approximate surface area is 177 Å². The van der Waals surface area contributed by atoms with Crippen LogP contribution in [0.2, 0.25) is 10.0 Å². The van der Waals surface area contributed by atoms with E-state index in [1.807, 2.05) is 0 Å². The first-order valence-electron chi connectivity index (χ1n) is 8.74. The van der Waals surface area contributed by atoms with Gasteiger partial charge in [-0.25, -0.2) is 8.42 Å². The lowest BCUT2D eigenvalue weighted by Gasteiger charge is -2.23. The highest BCUT2D eigenvalue weighted by molar-refractivity contribution is 7.89. The number of halogens is 2. The first-order chi connectivity index (χ1) is 13.7. The number of hydrogen-bond donors (Lipinski definition) is 3. The number of nitrogens with zero attached hydrogens (tertiary/aromatic N) is 2. The summed E-state index contributed by atoms with van der Waals surface area (Å²) < 4.78 is 24.4. The highest BCUT2D eigenvalue weighted by Gasteiger charge is 2.25. The predicted molar refractivity (Wildman–Crippen MR) is 110 cm³/mol. The molecule has 9 nitrogen and oxygen atoms in total. The quantitative estimate of drug-likeness (QED) is 0.625. The summed E-state index contributed by atoms with van der Waals surface area (Å²) in [5, 5.41) is 12.6. The lowest BCUT2D eigenvalue weighted by atomic mass is 10.1. The molecule has 0 aliphatic carbocycles. The largest absolute Gasteiger partial charge is 0.348 e. The monoisotopic (exact) mass is 459 g/mol. The first kappa shape index (κ1) is 21.6. The Morgan fingerprint density at radius 1 is 1.17 bits per heavy atom. The molecule has 0 radical (unpaired) electrons. The van der Waals surface area contributed by atoms with Crippen molar-refractivity contribution in [2.24, 2.45) is 0 Å². The zero-order chi connectivity index (χ0) is 21.2. The van der Waals surface area contributed by atoms with E-state index < -0.39 is 21.8 Å². The molecule has 1 aliphatic heterocycles. The molecular weight excluding hydrogens is 441 g/mol. The summed E-state index contributed by atoms with van der Waals surface area (Å²) in [6.45, 7) is 1.52. The van der Waals surface area contributed by atoms with Crippen LogP contribution in [0.3, 0.4) is 0 Å². The third kappa shape index (κ3) is 5.08. The summed E-state index contributed by atoms with van der Waals surface area (Å²) in [6.07, 6.45) is 3.46. The Balaban J connectivity index is 1.91. The van der Waals surface area contributed by atoms with Crippen molar-refractivity contribution < 1.29 is 18.0 Å². The van der Waals surface area contributed by atoms with E-state index in [2.05, 4.69) is 21.0 Å². The maximum absolute atomic E-state index is 12.7. The molecule has 3 rings (SSSR count). The molecular formula is C17H19Cl2N5O4S. The minimum atomic E-state index is -3.78. The van der Waals surface area contributed by atoms with Crippen LogP contribution >= 0.6 is 23.2 Å². The third-order valence-electron chi connectivity index (χ3n) is 4.36. The van der Waals surface area contributed by atoms with Gasteiger partial charge in [0.1, 0.15) is 0 Å². The first-order valence-corrected chi connectivity index (χ1v) is 11.3. The van der Waals surface area contributed by atoms with Crippen LogP contribution in [0.1, 0.15) is 33.7 Å². The number of nitrogens with one attached hydrogen (secondary N) is 3. The molecule has 1 fully saturated rings. The van der Waals surface area contributed by atoms with Gasteiger partial charge < -0.3 is 16.0 Å². The Hall–Kier alpha value is -2.14. The van der Waals surface area contributed by atoms with Gasteiger partial charge >= 0.3 is 0 Å². The highest BCUT2D eigenvalue weighted by Crippen LogP contribution is 2.26. The van der Waals surface area contributed by atoms with E-state index in [0.717, 1.165) is 38.4 Å². The summed E-state index contributed by atoms with van der Waals surface area (Å²) in [5.74, 6) is -1.27. The van der Waals surface area contributed by atoms with Gasteiger partial charge in [0.05, 0.1) is 33.7 Å². The maximum atomic E-state index is 12.7. The molecule has 0 spiro atoms. The number of anilines is 1. The van der Waals surface area contributed by atoms with Crippen molar-refractivity contribution in [1.82, 2.24) is 19.8 Å². The van der Waals surface area contributed by atoms with Gasteiger partial charge in [-0.3, -0.25) is 9.59 Å². The van der Waals surface area contributed by atoms with Crippen molar-refractivity contribution in [3.05, 3.63) is 45.7 Å². The molecule has 1 aromatic heterocycles. The minimum absolute atomic E-state index is 0.00709. The molecule has 0 bridgehead atoms. The number of rotatable bonds is 5. The third-order valence-corrected chi connectivity index (χ3v) is 5.86. The van der Waals surface area contributed by atoms with Crippen molar-refractivity contribution in [1.29, 1.82) is 0 Å². The lowest BCUT2D eigenvalue weighted by molar-refractivity contribution is 0.0925. The molecule has 1 saturated heterocycles. The van der Waals surface area contributed by atoms with Gasteiger partial charge in [-0.15, -0.1) is 0 Å². The Kier molecular flexibility index (Phi) is 6.47. The summed E-state index contributed by atoms with van der Waals surface area (Å²) in [7, 11) is -3.78. The SMILES string of the molecule is CS(=O)(=O)n1cc(NC(=O)c2c(Cl)cccc2Cl)c(C(=O)NC2CCNCC2)n1. The number of carbonyl (C=O) groups excluding carboxylic acids is 2. The van der Waals surface area contributed by atoms with E-state index in [1.54, 1.807) is 6.07 Å². The molecule has 12 heteroatoms. The van der Waals surface area contributed by atoms with Crippen LogP contribution in [-0.2, 0) is 10.0 Å². The summed E-state index contributed by atoms with van der Waals surface area (Å²) in [6, 6.07) is 4.50. The molecule has 156 valence electrons. The van der Waals surface area contributed by atoms with E-state index in [9.17, 15) is 18.0 Å². The second kappa shape index (κ2) is 8.70. The fraction of sp³-hybridized carbons (Fsp3) is 0.353. The summed E-state index contributed by atoms with van der Waals surface area (Å²) in [5.41, 5.74) is -0.277. The fourth-order valence-corrected chi connectivity index (χ4v) is 4.00. The second-order valence-corrected chi connectivity index (χ2v) is 9.23. The second-order valence-electron chi connectivity index (χ2n) is 6.58. The average molecular weight is 460 g/mol. The molecule has 29 heavy (non-hydrogen) atoms. The van der Waals surface area contributed by atoms with Crippen LogP contribution in [0.5, 0.6) is 0 Å². The molecule has 0 saturated carbocycles. The average Bonchev–Trinajstić information content (AvgIpc) is 3.06. The molecule has 1 aliphatic rings. The van der Waals surface area contributed by atoms with Crippen molar-refractivity contribution in [3.8, 4) is 0 Å². The number of hydrogen-bond acceptors (Lipinski definition) is 6. The van der Waals surface area contributed by atoms with Gasteiger partial charge in [0, 0.05) is 6.04 Å². The Morgan fingerprint density at radius 3 is 2.38 bits per heavy atom. The van der Waals surface area contributed by atoms with Gasteiger partial charge in [0.15, 0.2) is 5.69 Å². The topological polar surface area (TPSA) is 122 Å². The van der Waals surface area contributed by atoms with Crippen molar-refractivity contribution in [2.75, 3.05) is 24.7 Å². The molecule has 2 aromatic rings. The molecule has 3 N–H and O–H groups in total. The highest BCUT2D eigenvalue weighted by atomic mass is 35.5. The van der Waals surface area contributed by atoms with Crippen LogP contribution in [0.15, 0.2) is 24.4 Å². The summed E-state index contributed by atoms with van der Waals surface area (Å²) >= 11 is 12.1. The van der Waals surface area contributed by atoms with E-state index in [0.29, 0.717) is 4.09 Å². The molecule has 0 atom stereocenters. The smallest absolute Gasteiger partial charge is 0.274 e. The van der Waals surface area contributed by atoms with Crippen LogP contribution in [0, 0.1) is 0 Å². The maximum Gasteiger partial charge on any atom is 0.274 e.